The van der Waals surface area contributed by atoms with Crippen LogP contribution in [0.2, 0.25) is 0 Å². The zero-order valence-corrected chi connectivity index (χ0v) is 8.75. The number of hydrogen-bond acceptors (Lipinski definition) is 6. The van der Waals surface area contributed by atoms with Gasteiger partial charge < -0.3 is 0 Å². The third kappa shape index (κ3) is 1.63. The summed E-state index contributed by atoms with van der Waals surface area (Å²) in [4.78, 5) is 3.76. The summed E-state index contributed by atoms with van der Waals surface area (Å²) in [5.74, 6) is 0.200. The molecule has 2 aliphatic heterocycles. The molecule has 76 valence electrons. The van der Waals surface area contributed by atoms with Crippen LogP contribution < -0.4 is 5.43 Å². The van der Waals surface area contributed by atoms with E-state index in [2.05, 4.69) is 15.5 Å². The molecule has 1 N–H and O–H groups in total. The lowest BCUT2D eigenvalue weighted by atomic mass is 10.4. The molecule has 0 unspecified atom stereocenters. The van der Waals surface area contributed by atoms with Gasteiger partial charge in [-0.15, -0.1) is 5.10 Å². The molecule has 0 spiro atoms. The molecule has 0 aromatic heterocycles. The smallest absolute Gasteiger partial charge is 0.261 e. The molecule has 0 aromatic carbocycles. The van der Waals surface area contributed by atoms with E-state index in [1.54, 1.807) is 0 Å². The Bertz CT molecular complexity index is 454. The molecule has 0 radical (unpaired) electrons. The Morgan fingerprint density at radius 1 is 1.50 bits per heavy atom. The van der Waals surface area contributed by atoms with Crippen molar-refractivity contribution in [3.05, 3.63) is 11.9 Å². The van der Waals surface area contributed by atoms with Crippen LogP contribution in [0.5, 0.6) is 0 Å². The number of rotatable bonds is 1. The van der Waals surface area contributed by atoms with E-state index in [9.17, 15) is 8.42 Å². The predicted molar refractivity (Wildman–Crippen MR) is 51.4 cm³/mol. The number of nitrogens with one attached hydrogen (secondary N) is 1. The van der Waals surface area contributed by atoms with Crippen LogP contribution in [0.4, 0.5) is 0 Å². The van der Waals surface area contributed by atoms with E-state index < -0.39 is 9.24 Å². The average molecular weight is 256 g/mol. The maximum atomic E-state index is 10.9. The van der Waals surface area contributed by atoms with Crippen LogP contribution in [0.25, 0.3) is 0 Å². The number of fused-ring (bicyclic) bond motifs is 1. The molecule has 0 amide bonds. The maximum Gasteiger partial charge on any atom is 0.354 e. The molecular weight excluding hydrogens is 253 g/mol. The summed E-state index contributed by atoms with van der Waals surface area (Å²) < 4.78 is 23.3. The fourth-order valence-electron chi connectivity index (χ4n) is 0.870. The fraction of sp³-hybridized carbons (Fsp3) is 0. The number of nitrogens with zero attached hydrogens (tertiary/aromatic N) is 4. The van der Waals surface area contributed by atoms with Crippen molar-refractivity contribution in [2.45, 2.75) is 0 Å². The standard InChI is InChI=1S/C4H3Cl2N5O2S/c5-10-1-3-4(7-2-10)9-11(8-3)14(6,12)13/h1-2,8H. The van der Waals surface area contributed by atoms with Gasteiger partial charge in [0.15, 0.2) is 0 Å². The van der Waals surface area contributed by atoms with Gasteiger partial charge in [-0.05, 0) is 0 Å². The summed E-state index contributed by atoms with van der Waals surface area (Å²) in [6, 6.07) is 0. The van der Waals surface area contributed by atoms with Crippen LogP contribution in [0, 0.1) is 0 Å². The lowest BCUT2D eigenvalue weighted by Crippen LogP contribution is -2.31. The van der Waals surface area contributed by atoms with Crippen molar-refractivity contribution in [3.8, 4) is 0 Å². The molecule has 2 heterocycles. The first-order valence-electron chi connectivity index (χ1n) is 3.27. The van der Waals surface area contributed by atoms with Gasteiger partial charge in [0.25, 0.3) is 0 Å². The van der Waals surface area contributed by atoms with Crippen LogP contribution in [-0.2, 0) is 9.24 Å². The van der Waals surface area contributed by atoms with Crippen molar-refractivity contribution in [1.29, 1.82) is 0 Å². The van der Waals surface area contributed by atoms with Crippen LogP contribution >= 0.6 is 22.5 Å². The Hall–Kier alpha value is -0.990. The molecule has 0 aliphatic carbocycles. The largest absolute Gasteiger partial charge is 0.354 e. The zero-order valence-electron chi connectivity index (χ0n) is 6.42. The number of amidine groups is 1. The topological polar surface area (TPSA) is 77.4 Å². The number of hydrazine groups is 1. The van der Waals surface area contributed by atoms with E-state index >= 15 is 0 Å². The van der Waals surface area contributed by atoms with E-state index in [1.807, 2.05) is 0 Å². The summed E-state index contributed by atoms with van der Waals surface area (Å²) in [7, 11) is 1.10. The normalized spacial score (nSPS) is 20.1. The molecule has 0 atom stereocenters. The second-order valence-corrected chi connectivity index (χ2v) is 5.08. The molecule has 7 nitrogen and oxygen atoms in total. The molecule has 10 heteroatoms. The van der Waals surface area contributed by atoms with E-state index in [1.165, 1.54) is 12.5 Å². The van der Waals surface area contributed by atoms with Crippen LogP contribution in [0.1, 0.15) is 0 Å². The minimum absolute atomic E-state index is 0.200. The fourth-order valence-corrected chi connectivity index (χ4v) is 1.59. The second kappa shape index (κ2) is 3.01. The molecule has 0 bridgehead atoms. The summed E-state index contributed by atoms with van der Waals surface area (Å²) in [5.41, 5.74) is 2.75. The molecule has 14 heavy (non-hydrogen) atoms. The van der Waals surface area contributed by atoms with Crippen LogP contribution in [-0.4, -0.2) is 29.5 Å². The van der Waals surface area contributed by atoms with Crippen molar-refractivity contribution in [2.24, 2.45) is 10.1 Å². The van der Waals surface area contributed by atoms with Gasteiger partial charge in [0.2, 0.25) is 5.84 Å². The summed E-state index contributed by atoms with van der Waals surface area (Å²) in [5, 5.41) is 3.58. The first-order valence-corrected chi connectivity index (χ1v) is 5.88. The number of halogens is 2. The molecule has 2 aliphatic rings. The molecule has 0 saturated heterocycles. The highest BCUT2D eigenvalue weighted by molar-refractivity contribution is 8.11. The van der Waals surface area contributed by atoms with Gasteiger partial charge in [-0.1, -0.05) is 4.52 Å². The van der Waals surface area contributed by atoms with E-state index in [0.717, 1.165) is 4.42 Å². The lowest BCUT2D eigenvalue weighted by Gasteiger charge is -2.11. The van der Waals surface area contributed by atoms with E-state index in [-0.39, 0.29) is 5.84 Å². The monoisotopic (exact) mass is 255 g/mol. The first kappa shape index (κ1) is 9.56. The summed E-state index contributed by atoms with van der Waals surface area (Å²) in [6.45, 7) is 0. The highest BCUT2D eigenvalue weighted by Crippen LogP contribution is 2.17. The van der Waals surface area contributed by atoms with Crippen molar-refractivity contribution >= 4 is 43.9 Å². The van der Waals surface area contributed by atoms with Gasteiger partial charge in [-0.25, -0.2) is 9.41 Å². The minimum Gasteiger partial charge on any atom is -0.261 e. The highest BCUT2D eigenvalue weighted by Gasteiger charge is 2.29. The van der Waals surface area contributed by atoms with E-state index in [0.29, 0.717) is 10.2 Å². The second-order valence-electron chi connectivity index (χ2n) is 2.35. The van der Waals surface area contributed by atoms with Crippen molar-refractivity contribution in [1.82, 2.24) is 14.4 Å². The van der Waals surface area contributed by atoms with Gasteiger partial charge in [-0.2, -0.15) is 8.42 Å². The van der Waals surface area contributed by atoms with Gasteiger partial charge >= 0.3 is 9.24 Å². The number of hydrogen-bond donors (Lipinski definition) is 1. The molecule has 0 aromatic rings. The molecule has 0 fully saturated rings. The van der Waals surface area contributed by atoms with Crippen molar-refractivity contribution < 1.29 is 8.42 Å². The van der Waals surface area contributed by atoms with Gasteiger partial charge in [0.1, 0.15) is 12.0 Å². The highest BCUT2D eigenvalue weighted by atomic mass is 35.7. The van der Waals surface area contributed by atoms with Crippen molar-refractivity contribution in [3.63, 3.8) is 0 Å². The average Bonchev–Trinajstić information content (AvgIpc) is 2.45. The summed E-state index contributed by atoms with van der Waals surface area (Å²) >= 11 is 5.56. The first-order chi connectivity index (χ1) is 6.47. The number of hydrazone groups is 1. The SMILES string of the molecule is O=S(=O)(Cl)N1N=C2N=CN(Cl)C=C2N1. The maximum absolute atomic E-state index is 10.9. The molecule has 2 rings (SSSR count). The van der Waals surface area contributed by atoms with Gasteiger partial charge in [0, 0.05) is 22.5 Å². The Balaban J connectivity index is 2.34. The van der Waals surface area contributed by atoms with Crippen molar-refractivity contribution in [2.75, 3.05) is 0 Å². The molecule has 0 saturated carbocycles. The Labute approximate surface area is 88.9 Å². The predicted octanol–water partition coefficient (Wildman–Crippen LogP) is -0.0572. The third-order valence-corrected chi connectivity index (χ3v) is 2.56. The number of aliphatic imine (C=N–C) groups is 1. The van der Waals surface area contributed by atoms with E-state index in [4.69, 9.17) is 22.5 Å². The van der Waals surface area contributed by atoms with Gasteiger partial charge in [-0.3, -0.25) is 5.43 Å². The Morgan fingerprint density at radius 3 is 2.86 bits per heavy atom. The summed E-state index contributed by atoms with van der Waals surface area (Å²) in [6.07, 6.45) is 2.69. The minimum atomic E-state index is -3.95. The molecular formula is C4H3Cl2N5O2S. The lowest BCUT2D eigenvalue weighted by molar-refractivity contribution is 0.401. The quantitative estimate of drug-likeness (QED) is 0.526. The van der Waals surface area contributed by atoms with Crippen LogP contribution in [0.3, 0.4) is 0 Å². The zero-order chi connectivity index (χ0) is 10.3. The third-order valence-electron chi connectivity index (χ3n) is 1.39. The Kier molecular flexibility index (Phi) is 2.05. The Morgan fingerprint density at radius 2 is 2.21 bits per heavy atom. The van der Waals surface area contributed by atoms with Crippen LogP contribution in [0.15, 0.2) is 22.0 Å². The van der Waals surface area contributed by atoms with Gasteiger partial charge in [0.05, 0.1) is 6.20 Å².